The second kappa shape index (κ2) is 9.22. The van der Waals surface area contributed by atoms with Crippen LogP contribution in [0.4, 0.5) is 11.5 Å². The number of ether oxygens (including phenoxy) is 1. The second-order valence-corrected chi connectivity index (χ2v) is 6.89. The molecule has 1 aliphatic rings. The first-order valence-corrected chi connectivity index (χ1v) is 9.39. The summed E-state index contributed by atoms with van der Waals surface area (Å²) in [6, 6.07) is 13.6. The van der Waals surface area contributed by atoms with Gasteiger partial charge in [0, 0.05) is 19.5 Å². The minimum Gasteiger partial charge on any atom is -0.494 e. The van der Waals surface area contributed by atoms with Crippen molar-refractivity contribution < 1.29 is 9.53 Å². The minimum absolute atomic E-state index is 0.0111. The second-order valence-electron chi connectivity index (χ2n) is 6.89. The van der Waals surface area contributed by atoms with Crippen LogP contribution in [0.5, 0.6) is 5.75 Å². The lowest BCUT2D eigenvalue weighted by Crippen LogP contribution is -2.33. The zero-order valence-corrected chi connectivity index (χ0v) is 15.4. The first kappa shape index (κ1) is 18.2. The van der Waals surface area contributed by atoms with Crippen molar-refractivity contribution in [3.63, 3.8) is 0 Å². The number of benzene rings is 1. The molecule has 0 saturated carbocycles. The van der Waals surface area contributed by atoms with E-state index in [1.165, 1.54) is 12.8 Å². The SMILES string of the molecule is CC1CCN(c2ccc(NC(=O)CCCOc3ccccc3)cn2)CC1. The summed E-state index contributed by atoms with van der Waals surface area (Å²) >= 11 is 0. The van der Waals surface area contributed by atoms with Crippen molar-refractivity contribution in [2.45, 2.75) is 32.6 Å². The number of pyridine rings is 1. The van der Waals surface area contributed by atoms with Gasteiger partial charge in [-0.1, -0.05) is 25.1 Å². The lowest BCUT2D eigenvalue weighted by atomic mass is 9.99. The van der Waals surface area contributed by atoms with E-state index in [0.29, 0.717) is 19.4 Å². The van der Waals surface area contributed by atoms with E-state index in [9.17, 15) is 4.79 Å². The van der Waals surface area contributed by atoms with Crippen molar-refractivity contribution in [2.75, 3.05) is 29.9 Å². The van der Waals surface area contributed by atoms with Crippen LogP contribution in [0.25, 0.3) is 0 Å². The Bertz CT molecular complexity index is 680. The molecular formula is C21H27N3O2. The Morgan fingerprint density at radius 2 is 1.96 bits per heavy atom. The summed E-state index contributed by atoms with van der Waals surface area (Å²) in [6.07, 6.45) is 5.28. The van der Waals surface area contributed by atoms with Crippen molar-refractivity contribution in [3.05, 3.63) is 48.7 Å². The number of carbonyl (C=O) groups is 1. The van der Waals surface area contributed by atoms with Crippen molar-refractivity contribution in [1.82, 2.24) is 4.98 Å². The average molecular weight is 353 g/mol. The molecule has 138 valence electrons. The zero-order chi connectivity index (χ0) is 18.2. The lowest BCUT2D eigenvalue weighted by Gasteiger charge is -2.31. The lowest BCUT2D eigenvalue weighted by molar-refractivity contribution is -0.116. The molecule has 1 aliphatic heterocycles. The zero-order valence-electron chi connectivity index (χ0n) is 15.4. The van der Waals surface area contributed by atoms with Crippen LogP contribution < -0.4 is 15.0 Å². The van der Waals surface area contributed by atoms with Crippen LogP contribution in [0.2, 0.25) is 0 Å². The summed E-state index contributed by atoms with van der Waals surface area (Å²) in [6.45, 7) is 4.94. The molecule has 1 aromatic carbocycles. The van der Waals surface area contributed by atoms with E-state index in [1.54, 1.807) is 6.20 Å². The number of nitrogens with one attached hydrogen (secondary N) is 1. The van der Waals surface area contributed by atoms with Gasteiger partial charge >= 0.3 is 0 Å². The molecular weight excluding hydrogens is 326 g/mol. The minimum atomic E-state index is -0.0111. The number of piperidine rings is 1. The molecule has 5 nitrogen and oxygen atoms in total. The Hall–Kier alpha value is -2.56. The Morgan fingerprint density at radius 1 is 1.19 bits per heavy atom. The monoisotopic (exact) mass is 353 g/mol. The number of anilines is 2. The molecule has 2 aromatic rings. The molecule has 0 aliphatic carbocycles. The molecule has 3 rings (SSSR count). The van der Waals surface area contributed by atoms with Gasteiger partial charge in [-0.2, -0.15) is 0 Å². The van der Waals surface area contributed by atoms with Crippen molar-refractivity contribution in [1.29, 1.82) is 0 Å². The fourth-order valence-electron chi connectivity index (χ4n) is 3.05. The largest absolute Gasteiger partial charge is 0.494 e. The molecule has 5 heteroatoms. The third-order valence-electron chi connectivity index (χ3n) is 4.70. The normalized spacial score (nSPS) is 14.9. The molecule has 26 heavy (non-hydrogen) atoms. The topological polar surface area (TPSA) is 54.5 Å². The number of para-hydroxylation sites is 1. The van der Waals surface area contributed by atoms with Gasteiger partial charge in [0.15, 0.2) is 0 Å². The molecule has 1 N–H and O–H groups in total. The Labute approximate surface area is 155 Å². The highest BCUT2D eigenvalue weighted by Gasteiger charge is 2.16. The van der Waals surface area contributed by atoms with E-state index in [2.05, 4.69) is 22.1 Å². The predicted molar refractivity (Wildman–Crippen MR) is 105 cm³/mol. The summed E-state index contributed by atoms with van der Waals surface area (Å²) in [5.41, 5.74) is 0.744. The van der Waals surface area contributed by atoms with Gasteiger partial charge < -0.3 is 15.0 Å². The number of hydrogen-bond donors (Lipinski definition) is 1. The van der Waals surface area contributed by atoms with E-state index in [0.717, 1.165) is 36.3 Å². The number of carbonyl (C=O) groups excluding carboxylic acids is 1. The summed E-state index contributed by atoms with van der Waals surface area (Å²) in [5.74, 6) is 2.62. The Morgan fingerprint density at radius 3 is 2.65 bits per heavy atom. The maximum Gasteiger partial charge on any atom is 0.224 e. The number of amides is 1. The number of hydrogen-bond acceptors (Lipinski definition) is 4. The molecule has 0 unspecified atom stereocenters. The quantitative estimate of drug-likeness (QED) is 0.761. The third kappa shape index (κ3) is 5.48. The summed E-state index contributed by atoms with van der Waals surface area (Å²) in [7, 11) is 0. The van der Waals surface area contributed by atoms with Gasteiger partial charge in [0.05, 0.1) is 18.5 Å². The van der Waals surface area contributed by atoms with Gasteiger partial charge in [-0.3, -0.25) is 4.79 Å². The molecule has 0 radical (unpaired) electrons. The van der Waals surface area contributed by atoms with E-state index >= 15 is 0 Å². The fourth-order valence-corrected chi connectivity index (χ4v) is 3.05. The number of nitrogens with zero attached hydrogens (tertiary/aromatic N) is 2. The third-order valence-corrected chi connectivity index (χ3v) is 4.70. The van der Waals surface area contributed by atoms with Gasteiger partial charge in [-0.25, -0.2) is 4.98 Å². The first-order chi connectivity index (χ1) is 12.7. The van der Waals surface area contributed by atoms with Gasteiger partial charge in [-0.15, -0.1) is 0 Å². The van der Waals surface area contributed by atoms with Gasteiger partial charge in [0.1, 0.15) is 11.6 Å². The maximum atomic E-state index is 12.0. The molecule has 1 amide bonds. The van der Waals surface area contributed by atoms with Gasteiger partial charge in [-0.05, 0) is 49.4 Å². The highest BCUT2D eigenvalue weighted by Crippen LogP contribution is 2.22. The Balaban J connectivity index is 1.38. The highest BCUT2D eigenvalue weighted by atomic mass is 16.5. The van der Waals surface area contributed by atoms with Crippen LogP contribution in [-0.2, 0) is 4.79 Å². The molecule has 0 atom stereocenters. The molecule has 0 spiro atoms. The van der Waals surface area contributed by atoms with E-state index in [4.69, 9.17) is 4.74 Å². The summed E-state index contributed by atoms with van der Waals surface area (Å²) in [5, 5.41) is 2.90. The number of aromatic nitrogens is 1. The molecule has 1 aromatic heterocycles. The Kier molecular flexibility index (Phi) is 6.47. The highest BCUT2D eigenvalue weighted by molar-refractivity contribution is 5.90. The number of rotatable bonds is 7. The smallest absolute Gasteiger partial charge is 0.224 e. The van der Waals surface area contributed by atoms with E-state index in [1.807, 2.05) is 42.5 Å². The molecule has 1 saturated heterocycles. The molecule has 0 bridgehead atoms. The van der Waals surface area contributed by atoms with Crippen LogP contribution in [0.15, 0.2) is 48.7 Å². The van der Waals surface area contributed by atoms with E-state index in [-0.39, 0.29) is 5.91 Å². The fraction of sp³-hybridized carbons (Fsp3) is 0.429. The molecule has 2 heterocycles. The summed E-state index contributed by atoms with van der Waals surface area (Å²) < 4.78 is 5.60. The first-order valence-electron chi connectivity index (χ1n) is 9.39. The van der Waals surface area contributed by atoms with Crippen LogP contribution in [0.1, 0.15) is 32.6 Å². The average Bonchev–Trinajstić information content (AvgIpc) is 2.67. The van der Waals surface area contributed by atoms with Crippen molar-refractivity contribution in [2.24, 2.45) is 5.92 Å². The summed E-state index contributed by atoms with van der Waals surface area (Å²) in [4.78, 5) is 18.9. The van der Waals surface area contributed by atoms with Gasteiger partial charge in [0.25, 0.3) is 0 Å². The molecule has 1 fully saturated rings. The van der Waals surface area contributed by atoms with Crippen LogP contribution in [0, 0.1) is 5.92 Å². The van der Waals surface area contributed by atoms with Crippen LogP contribution in [0.3, 0.4) is 0 Å². The maximum absolute atomic E-state index is 12.0. The van der Waals surface area contributed by atoms with Crippen molar-refractivity contribution >= 4 is 17.4 Å². The van der Waals surface area contributed by atoms with E-state index < -0.39 is 0 Å². The standard InChI is InChI=1S/C21H27N3O2/c1-17-11-13-24(14-12-17)20-10-9-18(16-22-20)23-21(25)8-5-15-26-19-6-3-2-4-7-19/h2-4,6-7,9-10,16-17H,5,8,11-15H2,1H3,(H,23,25). The van der Waals surface area contributed by atoms with Crippen LogP contribution in [-0.4, -0.2) is 30.6 Å². The predicted octanol–water partition coefficient (Wildman–Crippen LogP) is 4.12. The van der Waals surface area contributed by atoms with Crippen LogP contribution >= 0.6 is 0 Å². The van der Waals surface area contributed by atoms with Crippen molar-refractivity contribution in [3.8, 4) is 5.75 Å². The van der Waals surface area contributed by atoms with Gasteiger partial charge in [0.2, 0.25) is 5.91 Å².